The molecule has 1 heterocycles. The minimum atomic E-state index is -4.56. The second-order valence-corrected chi connectivity index (χ2v) is 9.29. The topological polar surface area (TPSA) is 88.2 Å². The van der Waals surface area contributed by atoms with Crippen molar-refractivity contribution >= 4 is 27.7 Å². The summed E-state index contributed by atoms with van der Waals surface area (Å²) in [4.78, 5) is 15.9. The van der Waals surface area contributed by atoms with Crippen LogP contribution < -0.4 is 10.0 Å². The first kappa shape index (κ1) is 26.3. The molecule has 1 aromatic heterocycles. The number of amides is 1. The molecule has 11 heteroatoms. The van der Waals surface area contributed by atoms with E-state index >= 15 is 0 Å². The molecule has 6 nitrogen and oxygen atoms in total. The number of alkyl halides is 3. The van der Waals surface area contributed by atoms with Crippen molar-refractivity contribution in [2.75, 3.05) is 17.5 Å². The van der Waals surface area contributed by atoms with E-state index in [1.54, 1.807) is 6.92 Å². The second kappa shape index (κ2) is 10.8. The number of nitrogens with one attached hydrogen (secondary N) is 2. The normalized spacial score (nSPS) is 13.2. The number of aromatic nitrogens is 1. The minimum absolute atomic E-state index is 0.171. The van der Waals surface area contributed by atoms with Crippen molar-refractivity contribution in [1.82, 2.24) is 10.3 Å². The van der Waals surface area contributed by atoms with Gasteiger partial charge in [-0.3, -0.25) is 9.52 Å². The Morgan fingerprint density at radius 3 is 2.48 bits per heavy atom. The van der Waals surface area contributed by atoms with Crippen LogP contribution in [0.4, 0.5) is 23.2 Å². The van der Waals surface area contributed by atoms with Gasteiger partial charge < -0.3 is 5.32 Å². The Labute approximate surface area is 190 Å². The molecule has 1 atom stereocenters. The molecule has 1 aromatic carbocycles. The van der Waals surface area contributed by atoms with Gasteiger partial charge in [-0.05, 0) is 54.2 Å². The standard InChI is InChI=1S/C22H25F4N3O3S/c1-4-14(2)21-16(6-9-19(28-21)22(24,25)26)7-10-20(30)27-12-11-15-5-8-18(17(23)13-15)29-33(3,31)32/h5-10,13-14,29H,4,11-12H2,1-3H3,(H,27,30). The molecule has 0 aliphatic heterocycles. The maximum atomic E-state index is 14.0. The molecule has 2 rings (SSSR count). The van der Waals surface area contributed by atoms with Crippen molar-refractivity contribution in [1.29, 1.82) is 0 Å². The largest absolute Gasteiger partial charge is 0.433 e. The molecule has 33 heavy (non-hydrogen) atoms. The fraction of sp³-hybridized carbons (Fsp3) is 0.364. The van der Waals surface area contributed by atoms with Crippen LogP contribution in [0, 0.1) is 5.82 Å². The molecule has 0 aliphatic carbocycles. The third kappa shape index (κ3) is 8.16. The van der Waals surface area contributed by atoms with Crippen LogP contribution in [-0.4, -0.2) is 32.1 Å². The van der Waals surface area contributed by atoms with E-state index in [0.717, 1.165) is 12.3 Å². The summed E-state index contributed by atoms with van der Waals surface area (Å²) in [7, 11) is -3.60. The second-order valence-electron chi connectivity index (χ2n) is 7.54. The third-order valence-electron chi connectivity index (χ3n) is 4.78. The van der Waals surface area contributed by atoms with E-state index in [4.69, 9.17) is 0 Å². The van der Waals surface area contributed by atoms with E-state index in [1.165, 1.54) is 36.4 Å². The molecule has 0 fully saturated rings. The predicted octanol–water partition coefficient (Wildman–Crippen LogP) is 4.50. The first-order valence-corrected chi connectivity index (χ1v) is 12.0. The maximum absolute atomic E-state index is 14.0. The van der Waals surface area contributed by atoms with Crippen LogP contribution in [-0.2, 0) is 27.4 Å². The van der Waals surface area contributed by atoms with Crippen LogP contribution >= 0.6 is 0 Å². The van der Waals surface area contributed by atoms with E-state index in [9.17, 15) is 30.8 Å². The summed E-state index contributed by atoms with van der Waals surface area (Å²) in [6.45, 7) is 3.76. The zero-order chi connectivity index (χ0) is 24.8. The Bertz CT molecular complexity index is 1130. The maximum Gasteiger partial charge on any atom is 0.433 e. The van der Waals surface area contributed by atoms with Gasteiger partial charge in [-0.25, -0.2) is 17.8 Å². The molecular formula is C22H25F4N3O3S. The average molecular weight is 488 g/mol. The van der Waals surface area contributed by atoms with Crippen molar-refractivity contribution in [3.63, 3.8) is 0 Å². The highest BCUT2D eigenvalue weighted by Crippen LogP contribution is 2.31. The van der Waals surface area contributed by atoms with Crippen LogP contribution in [0.1, 0.15) is 48.7 Å². The summed E-state index contributed by atoms with van der Waals surface area (Å²) in [5, 5.41) is 2.61. The summed E-state index contributed by atoms with van der Waals surface area (Å²) in [6, 6.07) is 6.16. The molecule has 2 N–H and O–H groups in total. The van der Waals surface area contributed by atoms with Gasteiger partial charge in [-0.15, -0.1) is 0 Å². The lowest BCUT2D eigenvalue weighted by Gasteiger charge is -2.15. The van der Waals surface area contributed by atoms with Crippen LogP contribution in [0.15, 0.2) is 36.4 Å². The number of carbonyl (C=O) groups excluding carboxylic acids is 1. The Morgan fingerprint density at radius 2 is 1.91 bits per heavy atom. The van der Waals surface area contributed by atoms with Crippen molar-refractivity contribution in [2.45, 2.75) is 38.8 Å². The van der Waals surface area contributed by atoms with E-state index in [-0.39, 0.29) is 30.3 Å². The van der Waals surface area contributed by atoms with Gasteiger partial charge in [0.15, 0.2) is 0 Å². The fourth-order valence-corrected chi connectivity index (χ4v) is 3.49. The fourth-order valence-electron chi connectivity index (χ4n) is 2.92. The molecule has 180 valence electrons. The monoisotopic (exact) mass is 487 g/mol. The van der Waals surface area contributed by atoms with E-state index in [2.05, 4.69) is 15.0 Å². The van der Waals surface area contributed by atoms with Crippen molar-refractivity contribution in [3.05, 3.63) is 64.7 Å². The van der Waals surface area contributed by atoms with Crippen LogP contribution in [0.25, 0.3) is 6.08 Å². The summed E-state index contributed by atoms with van der Waals surface area (Å²) in [5.74, 6) is -1.44. The van der Waals surface area contributed by atoms with Gasteiger partial charge in [0.2, 0.25) is 15.9 Å². The highest BCUT2D eigenvalue weighted by Gasteiger charge is 2.33. The number of rotatable bonds is 9. The highest BCUT2D eigenvalue weighted by molar-refractivity contribution is 7.92. The summed E-state index contributed by atoms with van der Waals surface area (Å²) in [6.07, 6.45) is -0.159. The molecule has 1 amide bonds. The highest BCUT2D eigenvalue weighted by atomic mass is 32.2. The zero-order valence-corrected chi connectivity index (χ0v) is 19.1. The molecule has 0 bridgehead atoms. The number of sulfonamides is 1. The lowest BCUT2D eigenvalue weighted by Crippen LogP contribution is -2.23. The van der Waals surface area contributed by atoms with Crippen LogP contribution in [0.3, 0.4) is 0 Å². The predicted molar refractivity (Wildman–Crippen MR) is 119 cm³/mol. The molecule has 0 spiro atoms. The van der Waals surface area contributed by atoms with E-state index in [1.807, 2.05) is 6.92 Å². The Hall–Kier alpha value is -2.95. The number of pyridine rings is 1. The van der Waals surface area contributed by atoms with Crippen molar-refractivity contribution in [3.8, 4) is 0 Å². The third-order valence-corrected chi connectivity index (χ3v) is 5.37. The van der Waals surface area contributed by atoms with Gasteiger partial charge >= 0.3 is 6.18 Å². The molecule has 0 saturated heterocycles. The van der Waals surface area contributed by atoms with Crippen LogP contribution in [0.5, 0.6) is 0 Å². The van der Waals surface area contributed by atoms with Crippen molar-refractivity contribution in [2.24, 2.45) is 0 Å². The SMILES string of the molecule is CCC(C)c1nc(C(F)(F)F)ccc1C=CC(=O)NCCc1ccc(NS(C)(=O)=O)c(F)c1. The first-order valence-electron chi connectivity index (χ1n) is 10.1. The summed E-state index contributed by atoms with van der Waals surface area (Å²) in [5.41, 5.74) is 0.0693. The molecule has 0 radical (unpaired) electrons. The van der Waals surface area contributed by atoms with Gasteiger partial charge in [0, 0.05) is 12.6 Å². The molecule has 0 saturated carbocycles. The lowest BCUT2D eigenvalue weighted by molar-refractivity contribution is -0.141. The molecule has 2 aromatic rings. The number of nitrogens with zero attached hydrogens (tertiary/aromatic N) is 1. The first-order chi connectivity index (χ1) is 15.3. The number of anilines is 1. The van der Waals surface area contributed by atoms with Gasteiger partial charge in [-0.1, -0.05) is 26.0 Å². The van der Waals surface area contributed by atoms with Gasteiger partial charge in [0.25, 0.3) is 0 Å². The Morgan fingerprint density at radius 1 is 1.21 bits per heavy atom. The number of halogens is 4. The van der Waals surface area contributed by atoms with Gasteiger partial charge in [0.1, 0.15) is 11.5 Å². The number of benzene rings is 1. The van der Waals surface area contributed by atoms with E-state index < -0.39 is 33.6 Å². The van der Waals surface area contributed by atoms with Crippen LogP contribution in [0.2, 0.25) is 0 Å². The number of hydrogen-bond donors (Lipinski definition) is 2. The average Bonchev–Trinajstić information content (AvgIpc) is 2.72. The van der Waals surface area contributed by atoms with Crippen molar-refractivity contribution < 1.29 is 30.8 Å². The smallest absolute Gasteiger partial charge is 0.352 e. The van der Waals surface area contributed by atoms with Gasteiger partial charge in [-0.2, -0.15) is 13.2 Å². The zero-order valence-electron chi connectivity index (χ0n) is 18.3. The summed E-state index contributed by atoms with van der Waals surface area (Å²) >= 11 is 0. The number of hydrogen-bond acceptors (Lipinski definition) is 4. The Balaban J connectivity index is 2.01. The number of carbonyl (C=O) groups is 1. The molecule has 0 aliphatic rings. The van der Waals surface area contributed by atoms with E-state index in [0.29, 0.717) is 17.5 Å². The molecule has 1 unspecified atom stereocenters. The Kier molecular flexibility index (Phi) is 8.59. The quantitative estimate of drug-likeness (QED) is 0.403. The molecular weight excluding hydrogens is 462 g/mol. The minimum Gasteiger partial charge on any atom is -0.352 e. The lowest BCUT2D eigenvalue weighted by atomic mass is 9.98. The summed E-state index contributed by atoms with van der Waals surface area (Å²) < 4.78 is 77.4. The van der Waals surface area contributed by atoms with Gasteiger partial charge in [0.05, 0.1) is 17.6 Å².